The highest BCUT2D eigenvalue weighted by Crippen LogP contribution is 2.28. The van der Waals surface area contributed by atoms with Crippen molar-refractivity contribution in [1.82, 2.24) is 0 Å². The highest BCUT2D eigenvalue weighted by atomic mass is 16.5. The molecule has 0 bridgehead atoms. The molecule has 4 heteroatoms. The lowest BCUT2D eigenvalue weighted by Crippen LogP contribution is -2.16. The Hall–Kier alpha value is -1.84. The van der Waals surface area contributed by atoms with Crippen LogP contribution >= 0.6 is 0 Å². The molecule has 0 heterocycles. The van der Waals surface area contributed by atoms with E-state index in [4.69, 9.17) is 4.74 Å². The number of esters is 1. The topological polar surface area (TPSA) is 55.4 Å². The number of aryl methyl sites for hydroxylation is 1. The third-order valence-corrected chi connectivity index (χ3v) is 3.88. The zero-order valence-corrected chi connectivity index (χ0v) is 12.1. The van der Waals surface area contributed by atoms with Crippen molar-refractivity contribution >= 4 is 17.6 Å². The molecule has 1 saturated carbocycles. The van der Waals surface area contributed by atoms with E-state index >= 15 is 0 Å². The fourth-order valence-corrected chi connectivity index (χ4v) is 2.68. The van der Waals surface area contributed by atoms with Crippen molar-refractivity contribution in [2.24, 2.45) is 5.92 Å². The van der Waals surface area contributed by atoms with E-state index in [0.29, 0.717) is 23.6 Å². The third kappa shape index (κ3) is 3.59. The Bertz CT molecular complexity index is 504. The Morgan fingerprint density at radius 3 is 2.65 bits per heavy atom. The third-order valence-electron chi connectivity index (χ3n) is 3.88. The van der Waals surface area contributed by atoms with Gasteiger partial charge in [-0.25, -0.2) is 4.79 Å². The van der Waals surface area contributed by atoms with Gasteiger partial charge in [0.05, 0.1) is 12.7 Å². The number of hydrogen-bond donors (Lipinski definition) is 1. The number of methoxy groups -OCH3 is 1. The van der Waals surface area contributed by atoms with Crippen LogP contribution < -0.4 is 5.32 Å². The fraction of sp³-hybridized carbons (Fsp3) is 0.500. The quantitative estimate of drug-likeness (QED) is 0.858. The van der Waals surface area contributed by atoms with Gasteiger partial charge in [-0.1, -0.05) is 18.9 Å². The van der Waals surface area contributed by atoms with Crippen LogP contribution in [0.5, 0.6) is 0 Å². The first-order valence-electron chi connectivity index (χ1n) is 7.09. The lowest BCUT2D eigenvalue weighted by molar-refractivity contribution is -0.117. The van der Waals surface area contributed by atoms with Gasteiger partial charge in [0.1, 0.15) is 0 Å². The van der Waals surface area contributed by atoms with Crippen LogP contribution in [0.2, 0.25) is 0 Å². The number of benzene rings is 1. The van der Waals surface area contributed by atoms with Crippen molar-refractivity contribution in [3.05, 3.63) is 29.3 Å². The monoisotopic (exact) mass is 275 g/mol. The summed E-state index contributed by atoms with van der Waals surface area (Å²) >= 11 is 0. The predicted octanol–water partition coefficient (Wildman–Crippen LogP) is 3.30. The van der Waals surface area contributed by atoms with E-state index in [2.05, 4.69) is 5.32 Å². The zero-order valence-electron chi connectivity index (χ0n) is 12.1. The number of anilines is 1. The summed E-state index contributed by atoms with van der Waals surface area (Å²) in [4.78, 5) is 23.6. The molecule has 20 heavy (non-hydrogen) atoms. The Morgan fingerprint density at radius 1 is 1.30 bits per heavy atom. The minimum Gasteiger partial charge on any atom is -0.465 e. The van der Waals surface area contributed by atoms with E-state index in [9.17, 15) is 9.59 Å². The first-order chi connectivity index (χ1) is 9.60. The summed E-state index contributed by atoms with van der Waals surface area (Å²) in [6.45, 7) is 1.91. The molecule has 1 fully saturated rings. The molecule has 1 aromatic rings. The summed E-state index contributed by atoms with van der Waals surface area (Å²) in [7, 11) is 1.35. The van der Waals surface area contributed by atoms with Crippen LogP contribution in [0.1, 0.15) is 48.0 Å². The minimum absolute atomic E-state index is 0.0296. The molecular formula is C16H21NO3. The fourth-order valence-electron chi connectivity index (χ4n) is 2.68. The average molecular weight is 275 g/mol. The van der Waals surface area contributed by atoms with Gasteiger partial charge in [-0.15, -0.1) is 0 Å². The molecule has 1 N–H and O–H groups in total. The summed E-state index contributed by atoms with van der Waals surface area (Å²) in [6, 6.07) is 5.19. The first-order valence-corrected chi connectivity index (χ1v) is 7.09. The van der Waals surface area contributed by atoms with E-state index in [0.717, 1.165) is 18.4 Å². The Labute approximate surface area is 119 Å². The van der Waals surface area contributed by atoms with E-state index < -0.39 is 5.97 Å². The average Bonchev–Trinajstić information content (AvgIpc) is 2.93. The standard InChI is InChI=1S/C16H21NO3/c1-11-7-8-13(16(19)20-2)10-14(11)17-15(18)9-12-5-3-4-6-12/h7-8,10,12H,3-6,9H2,1-2H3,(H,17,18). The predicted molar refractivity (Wildman–Crippen MR) is 77.7 cm³/mol. The van der Waals surface area contributed by atoms with Gasteiger partial charge in [-0.05, 0) is 43.4 Å². The van der Waals surface area contributed by atoms with Crippen molar-refractivity contribution in [2.75, 3.05) is 12.4 Å². The molecule has 0 unspecified atom stereocenters. The van der Waals surface area contributed by atoms with E-state index in [1.54, 1.807) is 12.1 Å². The van der Waals surface area contributed by atoms with E-state index in [1.807, 2.05) is 13.0 Å². The molecule has 1 aliphatic carbocycles. The van der Waals surface area contributed by atoms with Gasteiger partial charge in [0, 0.05) is 12.1 Å². The van der Waals surface area contributed by atoms with Crippen molar-refractivity contribution in [1.29, 1.82) is 0 Å². The van der Waals surface area contributed by atoms with Crippen molar-refractivity contribution in [2.45, 2.75) is 39.0 Å². The molecule has 1 aliphatic rings. The smallest absolute Gasteiger partial charge is 0.337 e. The van der Waals surface area contributed by atoms with Crippen LogP contribution in [-0.2, 0) is 9.53 Å². The van der Waals surface area contributed by atoms with Crippen molar-refractivity contribution < 1.29 is 14.3 Å². The first kappa shape index (κ1) is 14.6. The normalized spacial score (nSPS) is 15.1. The summed E-state index contributed by atoms with van der Waals surface area (Å²) in [5.74, 6) is 0.150. The molecule has 0 radical (unpaired) electrons. The van der Waals surface area contributed by atoms with Crippen LogP contribution in [0, 0.1) is 12.8 Å². The van der Waals surface area contributed by atoms with Gasteiger partial charge >= 0.3 is 5.97 Å². The molecule has 1 amide bonds. The minimum atomic E-state index is -0.392. The Morgan fingerprint density at radius 2 is 2.00 bits per heavy atom. The van der Waals surface area contributed by atoms with Crippen molar-refractivity contribution in [3.8, 4) is 0 Å². The molecule has 4 nitrogen and oxygen atoms in total. The number of carbonyl (C=O) groups is 2. The summed E-state index contributed by atoms with van der Waals surface area (Å²) in [5, 5.41) is 2.91. The van der Waals surface area contributed by atoms with Gasteiger partial charge in [-0.3, -0.25) is 4.79 Å². The zero-order chi connectivity index (χ0) is 14.5. The van der Waals surface area contributed by atoms with E-state index in [-0.39, 0.29) is 5.91 Å². The number of ether oxygens (including phenoxy) is 1. The van der Waals surface area contributed by atoms with Crippen LogP contribution in [-0.4, -0.2) is 19.0 Å². The van der Waals surface area contributed by atoms with Crippen LogP contribution in [0.25, 0.3) is 0 Å². The second-order valence-corrected chi connectivity index (χ2v) is 5.42. The molecule has 1 aromatic carbocycles. The number of amides is 1. The van der Waals surface area contributed by atoms with Crippen molar-refractivity contribution in [3.63, 3.8) is 0 Å². The lowest BCUT2D eigenvalue weighted by atomic mass is 10.0. The highest BCUT2D eigenvalue weighted by Gasteiger charge is 2.19. The highest BCUT2D eigenvalue weighted by molar-refractivity contribution is 5.95. The number of nitrogens with one attached hydrogen (secondary N) is 1. The SMILES string of the molecule is COC(=O)c1ccc(C)c(NC(=O)CC2CCCC2)c1. The van der Waals surface area contributed by atoms with Gasteiger partial charge in [0.25, 0.3) is 0 Å². The molecule has 0 saturated heterocycles. The summed E-state index contributed by atoms with van der Waals surface area (Å²) in [6.07, 6.45) is 5.33. The van der Waals surface area contributed by atoms with Gasteiger partial charge in [-0.2, -0.15) is 0 Å². The second kappa shape index (κ2) is 6.55. The largest absolute Gasteiger partial charge is 0.465 e. The lowest BCUT2D eigenvalue weighted by Gasteiger charge is -2.12. The summed E-state index contributed by atoms with van der Waals surface area (Å²) in [5.41, 5.74) is 2.09. The molecule has 0 spiro atoms. The Balaban J connectivity index is 2.03. The van der Waals surface area contributed by atoms with Gasteiger partial charge in [0.2, 0.25) is 5.91 Å². The maximum Gasteiger partial charge on any atom is 0.337 e. The second-order valence-electron chi connectivity index (χ2n) is 5.42. The molecule has 0 atom stereocenters. The van der Waals surface area contributed by atoms with Gasteiger partial charge < -0.3 is 10.1 Å². The van der Waals surface area contributed by atoms with Crippen LogP contribution in [0.15, 0.2) is 18.2 Å². The molecule has 108 valence electrons. The number of rotatable bonds is 4. The van der Waals surface area contributed by atoms with Gasteiger partial charge in [0.15, 0.2) is 0 Å². The molecule has 0 aliphatic heterocycles. The maximum atomic E-state index is 12.0. The molecule has 2 rings (SSSR count). The summed E-state index contributed by atoms with van der Waals surface area (Å²) < 4.78 is 4.69. The maximum absolute atomic E-state index is 12.0. The van der Waals surface area contributed by atoms with E-state index in [1.165, 1.54) is 20.0 Å². The Kier molecular flexibility index (Phi) is 4.77. The van der Waals surface area contributed by atoms with Crippen LogP contribution in [0.4, 0.5) is 5.69 Å². The number of carbonyl (C=O) groups excluding carboxylic acids is 2. The molecule has 0 aromatic heterocycles. The molecular weight excluding hydrogens is 254 g/mol. The number of hydrogen-bond acceptors (Lipinski definition) is 3. The van der Waals surface area contributed by atoms with Crippen LogP contribution in [0.3, 0.4) is 0 Å².